The SMILES string of the molecule is C=C(C)C(=O)OC(C(C)CC)C(O)(O)OC(=O)C(=C)C. The number of ether oxygens (including phenoxy) is 2. The van der Waals surface area contributed by atoms with Gasteiger partial charge in [0.2, 0.25) is 0 Å². The summed E-state index contributed by atoms with van der Waals surface area (Å²) in [4.78, 5) is 22.9. The highest BCUT2D eigenvalue weighted by Crippen LogP contribution is 2.24. The van der Waals surface area contributed by atoms with E-state index < -0.39 is 29.9 Å². The minimum Gasteiger partial charge on any atom is -0.449 e. The number of carbonyl (C=O) groups is 2. The minimum atomic E-state index is -2.93. The van der Waals surface area contributed by atoms with E-state index in [2.05, 4.69) is 17.9 Å². The van der Waals surface area contributed by atoms with Gasteiger partial charge in [0.15, 0.2) is 6.10 Å². The largest absolute Gasteiger partial charge is 0.449 e. The first-order valence-corrected chi connectivity index (χ1v) is 6.23. The lowest BCUT2D eigenvalue weighted by Gasteiger charge is -2.33. The predicted octanol–water partition coefficient (Wildman–Crippen LogP) is 1.28. The summed E-state index contributed by atoms with van der Waals surface area (Å²) in [5.74, 6) is -5.17. The van der Waals surface area contributed by atoms with E-state index in [1.54, 1.807) is 13.8 Å². The van der Waals surface area contributed by atoms with Gasteiger partial charge in [0.1, 0.15) is 0 Å². The highest BCUT2D eigenvalue weighted by molar-refractivity contribution is 5.88. The monoisotopic (exact) mass is 286 g/mol. The number of esters is 2. The molecule has 2 N–H and O–H groups in total. The molecule has 2 unspecified atom stereocenters. The minimum absolute atomic E-state index is 0.00777. The summed E-state index contributed by atoms with van der Waals surface area (Å²) in [5.41, 5.74) is 0.0898. The van der Waals surface area contributed by atoms with Crippen molar-refractivity contribution in [3.8, 4) is 0 Å². The molecule has 0 rings (SSSR count). The summed E-state index contributed by atoms with van der Waals surface area (Å²) in [6.07, 6.45) is -0.957. The van der Waals surface area contributed by atoms with Crippen molar-refractivity contribution in [2.75, 3.05) is 0 Å². The lowest BCUT2D eigenvalue weighted by atomic mass is 9.99. The summed E-state index contributed by atoms with van der Waals surface area (Å²) >= 11 is 0. The van der Waals surface area contributed by atoms with Crippen LogP contribution < -0.4 is 0 Å². The fourth-order valence-electron chi connectivity index (χ4n) is 1.28. The molecule has 0 aromatic carbocycles. The molecule has 0 aliphatic carbocycles. The van der Waals surface area contributed by atoms with Crippen molar-refractivity contribution in [3.05, 3.63) is 24.3 Å². The molecular formula is C14H22O6. The van der Waals surface area contributed by atoms with E-state index >= 15 is 0 Å². The Morgan fingerprint density at radius 3 is 1.95 bits per heavy atom. The van der Waals surface area contributed by atoms with Crippen LogP contribution in [-0.2, 0) is 19.1 Å². The van der Waals surface area contributed by atoms with Crippen LogP contribution in [0.3, 0.4) is 0 Å². The van der Waals surface area contributed by atoms with Crippen LogP contribution in [0.4, 0.5) is 0 Å². The fourth-order valence-corrected chi connectivity index (χ4v) is 1.28. The maximum absolute atomic E-state index is 11.5. The van der Waals surface area contributed by atoms with Crippen LogP contribution in [-0.4, -0.2) is 34.2 Å². The first kappa shape index (κ1) is 18.3. The standard InChI is InChI=1S/C14H22O6/c1-7-10(6)11(19-12(15)8(2)3)14(17,18)20-13(16)9(4)5/h10-11,17-18H,2,4,7H2,1,3,5-6H3. The van der Waals surface area contributed by atoms with E-state index in [1.807, 2.05) is 0 Å². The van der Waals surface area contributed by atoms with Crippen LogP contribution in [0.25, 0.3) is 0 Å². The van der Waals surface area contributed by atoms with Crippen LogP contribution in [0.2, 0.25) is 0 Å². The zero-order chi connectivity index (χ0) is 16.1. The summed E-state index contributed by atoms with van der Waals surface area (Å²) in [6.45, 7) is 12.9. The van der Waals surface area contributed by atoms with Gasteiger partial charge >= 0.3 is 17.9 Å². The maximum Gasteiger partial charge on any atom is 0.364 e. The quantitative estimate of drug-likeness (QED) is 0.416. The van der Waals surface area contributed by atoms with E-state index in [9.17, 15) is 19.8 Å². The number of hydrogen-bond acceptors (Lipinski definition) is 6. The second-order valence-corrected chi connectivity index (χ2v) is 4.82. The topological polar surface area (TPSA) is 93.1 Å². The molecule has 0 bridgehead atoms. The second-order valence-electron chi connectivity index (χ2n) is 4.82. The molecule has 0 aliphatic rings. The number of hydrogen-bond donors (Lipinski definition) is 2. The Labute approximate surface area is 118 Å². The summed E-state index contributed by atoms with van der Waals surface area (Å²) in [5, 5.41) is 19.8. The van der Waals surface area contributed by atoms with Crippen LogP contribution in [0.1, 0.15) is 34.1 Å². The van der Waals surface area contributed by atoms with Crippen LogP contribution >= 0.6 is 0 Å². The molecule has 20 heavy (non-hydrogen) atoms. The summed E-state index contributed by atoms with van der Waals surface area (Å²) in [6, 6.07) is 0. The van der Waals surface area contributed by atoms with Crippen molar-refractivity contribution < 1.29 is 29.3 Å². The molecule has 0 radical (unpaired) electrons. The van der Waals surface area contributed by atoms with E-state index in [1.165, 1.54) is 13.8 Å². The number of rotatable bonds is 7. The zero-order valence-electron chi connectivity index (χ0n) is 12.3. The van der Waals surface area contributed by atoms with Crippen molar-refractivity contribution in [1.82, 2.24) is 0 Å². The molecule has 2 atom stereocenters. The lowest BCUT2D eigenvalue weighted by Crippen LogP contribution is -2.51. The third kappa shape index (κ3) is 5.14. The van der Waals surface area contributed by atoms with E-state index in [0.717, 1.165) is 0 Å². The Bertz CT molecular complexity index is 410. The van der Waals surface area contributed by atoms with Gasteiger partial charge < -0.3 is 19.7 Å². The Balaban J connectivity index is 5.19. The molecule has 0 spiro atoms. The van der Waals surface area contributed by atoms with E-state index in [4.69, 9.17) is 4.74 Å². The van der Waals surface area contributed by atoms with Crippen molar-refractivity contribution in [3.63, 3.8) is 0 Å². The third-order valence-corrected chi connectivity index (χ3v) is 2.71. The molecular weight excluding hydrogens is 264 g/mol. The molecule has 0 aromatic rings. The van der Waals surface area contributed by atoms with Gasteiger partial charge in [-0.25, -0.2) is 9.59 Å². The first-order chi connectivity index (χ1) is 9.02. The van der Waals surface area contributed by atoms with Gasteiger partial charge in [-0.1, -0.05) is 27.0 Å². The summed E-state index contributed by atoms with van der Waals surface area (Å²) in [7, 11) is 0. The number of aliphatic hydroxyl groups is 2. The van der Waals surface area contributed by atoms with Crippen LogP contribution in [0.15, 0.2) is 24.3 Å². The normalized spacial score (nSPS) is 14.1. The van der Waals surface area contributed by atoms with Gasteiger partial charge in [0, 0.05) is 17.1 Å². The summed E-state index contributed by atoms with van der Waals surface area (Å²) < 4.78 is 9.50. The van der Waals surface area contributed by atoms with Crippen molar-refractivity contribution in [2.24, 2.45) is 5.92 Å². The molecule has 6 nitrogen and oxygen atoms in total. The Morgan fingerprint density at radius 2 is 1.60 bits per heavy atom. The number of carbonyl (C=O) groups excluding carboxylic acids is 2. The second kappa shape index (κ2) is 7.21. The molecule has 0 fully saturated rings. The predicted molar refractivity (Wildman–Crippen MR) is 72.2 cm³/mol. The molecule has 0 aliphatic heterocycles. The molecule has 0 saturated heterocycles. The van der Waals surface area contributed by atoms with Crippen molar-refractivity contribution in [1.29, 1.82) is 0 Å². The first-order valence-electron chi connectivity index (χ1n) is 6.23. The maximum atomic E-state index is 11.5. The zero-order valence-corrected chi connectivity index (χ0v) is 12.3. The third-order valence-electron chi connectivity index (χ3n) is 2.71. The van der Waals surface area contributed by atoms with Gasteiger partial charge in [-0.2, -0.15) is 0 Å². The molecule has 0 aromatic heterocycles. The van der Waals surface area contributed by atoms with Gasteiger partial charge in [-0.3, -0.25) is 0 Å². The Hall–Kier alpha value is -1.66. The van der Waals surface area contributed by atoms with Gasteiger partial charge in [0.05, 0.1) is 0 Å². The van der Waals surface area contributed by atoms with Crippen molar-refractivity contribution >= 4 is 11.9 Å². The van der Waals surface area contributed by atoms with Gasteiger partial charge in [-0.15, -0.1) is 0 Å². The van der Waals surface area contributed by atoms with Crippen LogP contribution in [0, 0.1) is 5.92 Å². The fraction of sp³-hybridized carbons (Fsp3) is 0.571. The average Bonchev–Trinajstić information content (AvgIpc) is 2.33. The Morgan fingerprint density at radius 1 is 1.15 bits per heavy atom. The van der Waals surface area contributed by atoms with Gasteiger partial charge in [-0.05, 0) is 20.3 Å². The molecule has 0 amide bonds. The highest BCUT2D eigenvalue weighted by Gasteiger charge is 2.45. The van der Waals surface area contributed by atoms with Gasteiger partial charge in [0.25, 0.3) is 0 Å². The highest BCUT2D eigenvalue weighted by atomic mass is 16.8. The van der Waals surface area contributed by atoms with E-state index in [-0.39, 0.29) is 11.1 Å². The molecule has 114 valence electrons. The lowest BCUT2D eigenvalue weighted by molar-refractivity contribution is -0.364. The Kier molecular flexibility index (Phi) is 6.61. The molecule has 6 heteroatoms. The molecule has 0 saturated carbocycles. The van der Waals surface area contributed by atoms with Crippen LogP contribution in [0.5, 0.6) is 0 Å². The van der Waals surface area contributed by atoms with E-state index in [0.29, 0.717) is 6.42 Å². The average molecular weight is 286 g/mol. The smallest absolute Gasteiger partial charge is 0.364 e. The molecule has 0 heterocycles. The van der Waals surface area contributed by atoms with Crippen molar-refractivity contribution in [2.45, 2.75) is 46.2 Å².